The van der Waals surface area contributed by atoms with E-state index in [2.05, 4.69) is 26.7 Å². The van der Waals surface area contributed by atoms with Gasteiger partial charge >= 0.3 is 6.09 Å². The predicted octanol–water partition coefficient (Wildman–Crippen LogP) is 4.53. The highest BCUT2D eigenvalue weighted by molar-refractivity contribution is 9.10. The summed E-state index contributed by atoms with van der Waals surface area (Å²) in [5, 5.41) is 27.4. The largest absolute Gasteiger partial charge is 0.453 e. The van der Waals surface area contributed by atoms with Crippen LogP contribution in [0.1, 0.15) is 55.5 Å². The van der Waals surface area contributed by atoms with E-state index in [9.17, 15) is 24.6 Å². The smallest absolute Gasteiger partial charge is 0.407 e. The summed E-state index contributed by atoms with van der Waals surface area (Å²) >= 11 is 3.47. The van der Waals surface area contributed by atoms with Gasteiger partial charge in [-0.2, -0.15) is 0 Å². The van der Waals surface area contributed by atoms with Gasteiger partial charge in [-0.05, 0) is 52.6 Å². The van der Waals surface area contributed by atoms with Crippen LogP contribution in [0, 0.1) is 10.8 Å². The van der Waals surface area contributed by atoms with Crippen molar-refractivity contribution in [1.82, 2.24) is 20.7 Å². The first kappa shape index (κ1) is 35.5. The van der Waals surface area contributed by atoms with Crippen LogP contribution in [0.4, 0.5) is 4.79 Å². The van der Waals surface area contributed by atoms with Crippen molar-refractivity contribution in [3.8, 4) is 0 Å². The molecule has 3 aromatic carbocycles. The van der Waals surface area contributed by atoms with Gasteiger partial charge in [0.05, 0.1) is 30.8 Å². The highest BCUT2D eigenvalue weighted by atomic mass is 79.9. The highest BCUT2D eigenvalue weighted by Crippen LogP contribution is 2.46. The summed E-state index contributed by atoms with van der Waals surface area (Å²) in [6.45, 7) is 6.13. The van der Waals surface area contributed by atoms with Crippen molar-refractivity contribution in [2.75, 3.05) is 20.2 Å². The molecule has 0 saturated carbocycles. The number of alkyl carbamates (subject to hydrolysis) is 1. The molecule has 4 N–H and O–H groups in total. The average molecular weight is 722 g/mol. The standard InChI is InChI=1S/C37H45BrN4O6/c1-36(2,3)32(39-35(47)48-4)33(45)40-41(22-25-14-16-27(38)17-15-25)19-18-37(21-24-10-6-5-7-11-24)30(44)23-42(34(37)46)31-28-13-9-8-12-26(28)20-29(31)43/h5-17,29-32,43-44H,18-23H2,1-4H3,(H,39,47)(H,40,45)/t29-,30-,31+,32-,37+/m1/s1. The number of aliphatic hydroxyl groups excluding tert-OH is 2. The second kappa shape index (κ2) is 14.8. The number of hydrogen-bond acceptors (Lipinski definition) is 7. The number of amides is 3. The van der Waals surface area contributed by atoms with E-state index in [0.29, 0.717) is 13.0 Å². The number of fused-ring (bicyclic) bond motifs is 1. The molecule has 1 heterocycles. The summed E-state index contributed by atoms with van der Waals surface area (Å²) in [6, 6.07) is 23.6. The Bertz CT molecular complexity index is 1600. The fourth-order valence-corrected chi connectivity index (χ4v) is 7.21. The maximum atomic E-state index is 14.7. The average Bonchev–Trinajstić information content (AvgIpc) is 3.50. The third kappa shape index (κ3) is 7.75. The molecule has 2 aliphatic rings. The molecule has 256 valence electrons. The molecule has 1 aliphatic heterocycles. The monoisotopic (exact) mass is 720 g/mol. The van der Waals surface area contributed by atoms with Crippen LogP contribution in [-0.2, 0) is 33.7 Å². The third-order valence-electron chi connectivity index (χ3n) is 9.52. The number of ether oxygens (including phenoxy) is 1. The van der Waals surface area contributed by atoms with Crippen molar-refractivity contribution in [3.05, 3.63) is 106 Å². The SMILES string of the molecule is COC(=O)N[C@H](C(=O)NN(CC[C@@]1(Cc2ccccc2)C(=O)N([C@H]2c3ccccc3C[C@H]2O)C[C@H]1O)Cc1ccc(Br)cc1)C(C)(C)C. The van der Waals surface area contributed by atoms with E-state index in [0.717, 1.165) is 26.7 Å². The van der Waals surface area contributed by atoms with E-state index in [1.165, 1.54) is 7.11 Å². The number of carbonyl (C=O) groups is 3. The highest BCUT2D eigenvalue weighted by Gasteiger charge is 2.56. The van der Waals surface area contributed by atoms with E-state index >= 15 is 0 Å². The van der Waals surface area contributed by atoms with E-state index in [-0.39, 0.29) is 31.8 Å². The number of nitrogens with zero attached hydrogens (tertiary/aromatic N) is 2. The maximum Gasteiger partial charge on any atom is 0.407 e. The maximum absolute atomic E-state index is 14.7. The van der Waals surface area contributed by atoms with Gasteiger partial charge in [-0.3, -0.25) is 15.0 Å². The van der Waals surface area contributed by atoms with Gasteiger partial charge in [0.2, 0.25) is 5.91 Å². The number of rotatable bonds is 11. The van der Waals surface area contributed by atoms with Crippen LogP contribution in [-0.4, -0.2) is 76.5 Å². The zero-order valence-corrected chi connectivity index (χ0v) is 29.4. The van der Waals surface area contributed by atoms with Gasteiger partial charge in [-0.25, -0.2) is 9.80 Å². The molecule has 0 bridgehead atoms. The van der Waals surface area contributed by atoms with E-state index < -0.39 is 47.1 Å². The summed E-state index contributed by atoms with van der Waals surface area (Å²) < 4.78 is 5.70. The molecule has 0 spiro atoms. The van der Waals surface area contributed by atoms with Crippen LogP contribution in [0.5, 0.6) is 0 Å². The summed E-state index contributed by atoms with van der Waals surface area (Å²) in [6.07, 6.45) is -1.60. The molecule has 0 unspecified atom stereocenters. The number of nitrogens with one attached hydrogen (secondary N) is 2. The number of carbonyl (C=O) groups excluding carboxylic acids is 3. The lowest BCUT2D eigenvalue weighted by Gasteiger charge is -2.36. The number of likely N-dealkylation sites (tertiary alicyclic amines) is 1. The van der Waals surface area contributed by atoms with Crippen LogP contribution in [0.15, 0.2) is 83.3 Å². The minimum atomic E-state index is -1.23. The second-order valence-corrected chi connectivity index (χ2v) is 14.8. The molecule has 5 rings (SSSR count). The van der Waals surface area contributed by atoms with Crippen LogP contribution >= 0.6 is 15.9 Å². The van der Waals surface area contributed by atoms with Crippen molar-refractivity contribution in [2.24, 2.45) is 10.8 Å². The molecule has 0 radical (unpaired) electrons. The van der Waals surface area contributed by atoms with Gasteiger partial charge < -0.3 is 25.2 Å². The van der Waals surface area contributed by atoms with Crippen molar-refractivity contribution in [1.29, 1.82) is 0 Å². The van der Waals surface area contributed by atoms with Gasteiger partial charge in [-0.15, -0.1) is 0 Å². The van der Waals surface area contributed by atoms with E-state index in [1.54, 1.807) is 9.91 Å². The quantitative estimate of drug-likeness (QED) is 0.214. The van der Waals surface area contributed by atoms with Crippen molar-refractivity contribution in [2.45, 2.75) is 70.9 Å². The van der Waals surface area contributed by atoms with Crippen LogP contribution in [0.2, 0.25) is 0 Å². The summed E-state index contributed by atoms with van der Waals surface area (Å²) in [4.78, 5) is 42.3. The predicted molar refractivity (Wildman–Crippen MR) is 185 cm³/mol. The number of methoxy groups -OCH3 is 1. The van der Waals surface area contributed by atoms with Crippen LogP contribution in [0.3, 0.4) is 0 Å². The Morgan fingerprint density at radius 2 is 1.69 bits per heavy atom. The molecule has 48 heavy (non-hydrogen) atoms. The Morgan fingerprint density at radius 1 is 1.02 bits per heavy atom. The first-order valence-corrected chi connectivity index (χ1v) is 17.0. The summed E-state index contributed by atoms with van der Waals surface area (Å²) in [5.74, 6) is -0.665. The molecule has 1 aliphatic carbocycles. The number of hydrogen-bond donors (Lipinski definition) is 4. The van der Waals surface area contributed by atoms with E-state index in [1.807, 2.05) is 99.6 Å². The summed E-state index contributed by atoms with van der Waals surface area (Å²) in [5.41, 5.74) is 4.84. The minimum absolute atomic E-state index is 0.0793. The Labute approximate surface area is 290 Å². The number of β-amino-alcohol motifs (C(OH)–C–C–N with tert-alkyl or cyclic N) is 1. The fourth-order valence-electron chi connectivity index (χ4n) is 6.95. The van der Waals surface area contributed by atoms with Gasteiger partial charge in [0.15, 0.2) is 0 Å². The number of hydrazine groups is 1. The fraction of sp³-hybridized carbons (Fsp3) is 0.432. The van der Waals surface area contributed by atoms with Crippen LogP contribution < -0.4 is 10.7 Å². The molecule has 3 amide bonds. The Morgan fingerprint density at radius 3 is 2.35 bits per heavy atom. The molecule has 3 aromatic rings. The molecule has 0 aromatic heterocycles. The molecule has 1 fully saturated rings. The summed E-state index contributed by atoms with van der Waals surface area (Å²) in [7, 11) is 1.25. The molecule has 1 saturated heterocycles. The van der Waals surface area contributed by atoms with E-state index in [4.69, 9.17) is 4.74 Å². The Hall–Kier alpha value is -3.77. The van der Waals surface area contributed by atoms with Gasteiger partial charge in [0.25, 0.3) is 5.91 Å². The second-order valence-electron chi connectivity index (χ2n) is 13.9. The molecule has 11 heteroatoms. The van der Waals surface area contributed by atoms with Crippen molar-refractivity contribution >= 4 is 33.8 Å². The lowest BCUT2D eigenvalue weighted by molar-refractivity contribution is -0.142. The Balaban J connectivity index is 1.46. The number of benzene rings is 3. The normalized spacial score (nSPS) is 22.8. The number of halogens is 1. The van der Waals surface area contributed by atoms with Gasteiger partial charge in [-0.1, -0.05) is 103 Å². The molecular formula is C37H45BrN4O6. The first-order chi connectivity index (χ1) is 22.8. The van der Waals surface area contributed by atoms with Crippen LogP contribution in [0.25, 0.3) is 0 Å². The minimum Gasteiger partial charge on any atom is -0.453 e. The lowest BCUT2D eigenvalue weighted by atomic mass is 9.75. The Kier molecular flexibility index (Phi) is 10.9. The lowest BCUT2D eigenvalue weighted by Crippen LogP contribution is -2.57. The number of aliphatic hydroxyl groups is 2. The third-order valence-corrected chi connectivity index (χ3v) is 10.0. The van der Waals surface area contributed by atoms with Crippen molar-refractivity contribution < 1.29 is 29.3 Å². The molecule has 5 atom stereocenters. The van der Waals surface area contributed by atoms with Gasteiger partial charge in [0, 0.05) is 30.5 Å². The van der Waals surface area contributed by atoms with Crippen molar-refractivity contribution in [3.63, 3.8) is 0 Å². The van der Waals surface area contributed by atoms with Gasteiger partial charge in [0.1, 0.15) is 6.04 Å². The molecule has 10 nitrogen and oxygen atoms in total. The topological polar surface area (TPSA) is 131 Å². The zero-order valence-electron chi connectivity index (χ0n) is 27.9. The molecular weight excluding hydrogens is 676 g/mol. The zero-order chi connectivity index (χ0) is 34.6. The first-order valence-electron chi connectivity index (χ1n) is 16.3.